The lowest BCUT2D eigenvalue weighted by molar-refractivity contribution is -0.140. The van der Waals surface area contributed by atoms with Gasteiger partial charge in [0.2, 0.25) is 0 Å². The van der Waals surface area contributed by atoms with Crippen molar-refractivity contribution < 1.29 is 19.4 Å². The van der Waals surface area contributed by atoms with E-state index < -0.39 is 18.4 Å². The fourth-order valence-electron chi connectivity index (χ4n) is 3.59. The van der Waals surface area contributed by atoms with Crippen LogP contribution in [0.2, 0.25) is 0 Å². The summed E-state index contributed by atoms with van der Waals surface area (Å²) in [5, 5.41) is 18.7. The SMILES string of the molecule is CCCn1c(N2CCOCC2)c(/C=C2/SC(=S)N(CC(=O)O)C2=O)c(C)c(C#N)c1=O. The maximum atomic E-state index is 13.0. The zero-order chi connectivity index (χ0) is 22.7. The van der Waals surface area contributed by atoms with Gasteiger partial charge in [0.15, 0.2) is 0 Å². The summed E-state index contributed by atoms with van der Waals surface area (Å²) < 4.78 is 7.19. The van der Waals surface area contributed by atoms with Crippen molar-refractivity contribution in [2.75, 3.05) is 37.7 Å². The molecule has 2 aliphatic heterocycles. The number of carbonyl (C=O) groups excluding carboxylic acids is 1. The Labute approximate surface area is 188 Å². The zero-order valence-corrected chi connectivity index (χ0v) is 18.8. The first-order valence-electron chi connectivity index (χ1n) is 9.77. The number of ether oxygens (including phenoxy) is 1. The molecule has 0 saturated carbocycles. The van der Waals surface area contributed by atoms with Gasteiger partial charge in [0.25, 0.3) is 11.5 Å². The Morgan fingerprint density at radius 2 is 2.03 bits per heavy atom. The van der Waals surface area contributed by atoms with E-state index in [2.05, 4.69) is 0 Å². The number of nitrogens with zero attached hydrogens (tertiary/aromatic N) is 4. The summed E-state index contributed by atoms with van der Waals surface area (Å²) in [7, 11) is 0. The summed E-state index contributed by atoms with van der Waals surface area (Å²) in [5.74, 6) is -1.03. The Kier molecular flexibility index (Phi) is 7.15. The van der Waals surface area contributed by atoms with Gasteiger partial charge in [0, 0.05) is 25.2 Å². The van der Waals surface area contributed by atoms with E-state index in [1.54, 1.807) is 17.6 Å². The Hall–Kier alpha value is -2.68. The van der Waals surface area contributed by atoms with Gasteiger partial charge < -0.3 is 14.7 Å². The fraction of sp³-hybridized carbons (Fsp3) is 0.450. The third kappa shape index (κ3) is 4.51. The molecule has 1 aromatic rings. The largest absolute Gasteiger partial charge is 0.480 e. The molecule has 0 atom stereocenters. The van der Waals surface area contributed by atoms with Crippen LogP contribution in [0, 0.1) is 18.3 Å². The van der Waals surface area contributed by atoms with Crippen molar-refractivity contribution in [3.63, 3.8) is 0 Å². The highest BCUT2D eigenvalue weighted by Crippen LogP contribution is 2.36. The molecule has 0 aromatic carbocycles. The van der Waals surface area contributed by atoms with Crippen LogP contribution in [-0.4, -0.2) is 63.6 Å². The number of amides is 1. The van der Waals surface area contributed by atoms with E-state index in [1.165, 1.54) is 0 Å². The minimum atomic E-state index is -1.16. The molecule has 3 heterocycles. The Morgan fingerprint density at radius 1 is 1.35 bits per heavy atom. The number of morpholine rings is 1. The minimum absolute atomic E-state index is 0.0257. The van der Waals surface area contributed by atoms with Crippen LogP contribution in [0.3, 0.4) is 0 Å². The highest BCUT2D eigenvalue weighted by atomic mass is 32.2. The van der Waals surface area contributed by atoms with Crippen molar-refractivity contribution in [2.24, 2.45) is 0 Å². The second-order valence-electron chi connectivity index (χ2n) is 7.07. The number of hydrogen-bond donors (Lipinski definition) is 1. The standard InChI is InChI=1S/C20H22N4O5S2/c1-3-4-23-17(22-5-7-29-8-6-22)13(12(2)14(10-21)18(23)27)9-15-19(28)24(11-16(25)26)20(30)31-15/h9H,3-8,11H2,1-2H3,(H,25,26)/b15-9+. The molecule has 3 rings (SSSR count). The fourth-order valence-corrected chi connectivity index (χ4v) is 4.83. The van der Waals surface area contributed by atoms with E-state index in [0.29, 0.717) is 56.2 Å². The van der Waals surface area contributed by atoms with E-state index in [9.17, 15) is 19.6 Å². The molecular weight excluding hydrogens is 440 g/mol. The number of anilines is 1. The molecule has 2 saturated heterocycles. The molecule has 0 aliphatic carbocycles. The van der Waals surface area contributed by atoms with Gasteiger partial charge in [-0.2, -0.15) is 5.26 Å². The van der Waals surface area contributed by atoms with Crippen LogP contribution in [0.25, 0.3) is 6.08 Å². The van der Waals surface area contributed by atoms with Crippen LogP contribution < -0.4 is 10.5 Å². The average molecular weight is 463 g/mol. The second-order valence-corrected chi connectivity index (χ2v) is 8.74. The van der Waals surface area contributed by atoms with Crippen molar-refractivity contribution in [3.05, 3.63) is 31.9 Å². The lowest BCUT2D eigenvalue weighted by Gasteiger charge is -2.33. The van der Waals surface area contributed by atoms with Crippen LogP contribution >= 0.6 is 24.0 Å². The number of thioether (sulfide) groups is 1. The zero-order valence-electron chi connectivity index (χ0n) is 17.2. The third-order valence-corrected chi connectivity index (χ3v) is 6.42. The van der Waals surface area contributed by atoms with E-state index >= 15 is 0 Å². The normalized spacial score (nSPS) is 18.0. The number of nitriles is 1. The summed E-state index contributed by atoms with van der Waals surface area (Å²) in [6, 6.07) is 2.00. The predicted octanol–water partition coefficient (Wildman–Crippen LogP) is 1.56. The smallest absolute Gasteiger partial charge is 0.323 e. The number of rotatable bonds is 6. The first-order valence-corrected chi connectivity index (χ1v) is 11.0. The van der Waals surface area contributed by atoms with Crippen molar-refractivity contribution in [2.45, 2.75) is 26.8 Å². The molecule has 0 bridgehead atoms. The first kappa shape index (κ1) is 23.0. The van der Waals surface area contributed by atoms with E-state index in [4.69, 9.17) is 22.1 Å². The van der Waals surface area contributed by atoms with Gasteiger partial charge in [-0.25, -0.2) is 0 Å². The van der Waals surface area contributed by atoms with Crippen molar-refractivity contribution in [1.29, 1.82) is 5.26 Å². The van der Waals surface area contributed by atoms with Gasteiger partial charge >= 0.3 is 5.97 Å². The highest BCUT2D eigenvalue weighted by Gasteiger charge is 2.34. The molecule has 1 aromatic heterocycles. The monoisotopic (exact) mass is 462 g/mol. The third-order valence-electron chi connectivity index (χ3n) is 5.05. The molecule has 2 aliphatic rings. The Morgan fingerprint density at radius 3 is 2.61 bits per heavy atom. The molecule has 0 radical (unpaired) electrons. The minimum Gasteiger partial charge on any atom is -0.480 e. The second kappa shape index (κ2) is 9.64. The van der Waals surface area contributed by atoms with Crippen molar-refractivity contribution >= 4 is 52.1 Å². The first-order chi connectivity index (χ1) is 14.8. The summed E-state index contributed by atoms with van der Waals surface area (Å²) in [6.45, 7) is 5.66. The molecule has 9 nitrogen and oxygen atoms in total. The van der Waals surface area contributed by atoms with E-state index in [0.717, 1.165) is 16.7 Å². The molecule has 31 heavy (non-hydrogen) atoms. The van der Waals surface area contributed by atoms with Gasteiger partial charge in [-0.1, -0.05) is 30.9 Å². The molecule has 0 spiro atoms. The molecule has 0 unspecified atom stereocenters. The van der Waals surface area contributed by atoms with E-state index in [1.807, 2.05) is 17.9 Å². The van der Waals surface area contributed by atoms with Crippen molar-refractivity contribution in [3.8, 4) is 6.07 Å². The number of carboxylic acid groups (broad SMARTS) is 1. The topological polar surface area (TPSA) is 116 Å². The summed E-state index contributed by atoms with van der Waals surface area (Å²) in [6.07, 6.45) is 2.30. The summed E-state index contributed by atoms with van der Waals surface area (Å²) in [4.78, 5) is 40.3. The number of aliphatic carboxylic acids is 1. The Bertz CT molecular complexity index is 1070. The highest BCUT2D eigenvalue weighted by molar-refractivity contribution is 8.26. The molecule has 164 valence electrons. The van der Waals surface area contributed by atoms with Gasteiger partial charge in [-0.3, -0.25) is 23.9 Å². The van der Waals surface area contributed by atoms with Crippen LogP contribution in [0.4, 0.5) is 5.82 Å². The maximum Gasteiger partial charge on any atom is 0.323 e. The number of pyridine rings is 1. The lowest BCUT2D eigenvalue weighted by atomic mass is 10.0. The van der Waals surface area contributed by atoms with Gasteiger partial charge in [0.05, 0.1) is 18.1 Å². The van der Waals surface area contributed by atoms with Crippen LogP contribution in [0.15, 0.2) is 9.70 Å². The molecule has 11 heteroatoms. The van der Waals surface area contributed by atoms with Crippen molar-refractivity contribution in [1.82, 2.24) is 9.47 Å². The molecule has 2 fully saturated rings. The number of carbonyl (C=O) groups is 2. The van der Waals surface area contributed by atoms with Crippen LogP contribution in [-0.2, 0) is 20.9 Å². The van der Waals surface area contributed by atoms with Crippen LogP contribution in [0.1, 0.15) is 30.0 Å². The summed E-state index contributed by atoms with van der Waals surface area (Å²) in [5.41, 5.74) is 0.726. The molecule has 1 amide bonds. The Balaban J connectivity index is 2.22. The van der Waals surface area contributed by atoms with Gasteiger partial charge in [-0.05, 0) is 25.0 Å². The quantitative estimate of drug-likeness (QED) is 0.497. The molecule has 1 N–H and O–H groups in total. The average Bonchev–Trinajstić information content (AvgIpc) is 2.99. The maximum absolute atomic E-state index is 13.0. The predicted molar refractivity (Wildman–Crippen MR) is 121 cm³/mol. The number of thiocarbonyl (C=S) groups is 1. The van der Waals surface area contributed by atoms with Gasteiger partial charge in [-0.15, -0.1) is 0 Å². The molecular formula is C20H22N4O5S2. The number of carboxylic acids is 1. The lowest BCUT2D eigenvalue weighted by Crippen LogP contribution is -2.41. The number of hydrogen-bond acceptors (Lipinski definition) is 8. The van der Waals surface area contributed by atoms with E-state index in [-0.39, 0.29) is 20.3 Å². The van der Waals surface area contributed by atoms with Crippen LogP contribution in [0.5, 0.6) is 0 Å². The number of aromatic nitrogens is 1. The summed E-state index contributed by atoms with van der Waals surface area (Å²) >= 11 is 6.20. The van der Waals surface area contributed by atoms with Gasteiger partial charge in [0.1, 0.15) is 28.3 Å².